The molecule has 1 aliphatic rings. The first-order valence-electron chi connectivity index (χ1n) is 5.14. The number of hydroxylamine groups is 1. The summed E-state index contributed by atoms with van der Waals surface area (Å²) >= 11 is 5.95. The minimum Gasteiger partial charge on any atom is -0.398 e. The fraction of sp³-hybridized carbons (Fsp3) is 0.400. The topological polar surface area (TPSA) is 72.6 Å². The van der Waals surface area contributed by atoms with E-state index in [9.17, 15) is 8.42 Å². The molecule has 1 fully saturated rings. The maximum Gasteiger partial charge on any atom is 0.266 e. The predicted octanol–water partition coefficient (Wildman–Crippen LogP) is 1.56. The number of hydrogen-bond donors (Lipinski definition) is 1. The van der Waals surface area contributed by atoms with Crippen LogP contribution >= 0.6 is 11.6 Å². The standard InChI is InChI=1S/C10H13ClN2O3S/c1-7-5-8(11)10(6-9(7)12)17(14,15)13-3-2-4-16-13/h5-6H,2-4,12H2,1H3. The SMILES string of the molecule is Cc1cc(Cl)c(S(=O)(=O)N2CCCO2)cc1N. The van der Waals surface area contributed by atoms with Gasteiger partial charge in [-0.1, -0.05) is 16.1 Å². The molecule has 0 spiro atoms. The number of sulfonamides is 1. The highest BCUT2D eigenvalue weighted by molar-refractivity contribution is 7.89. The molecule has 0 bridgehead atoms. The van der Waals surface area contributed by atoms with Gasteiger partial charge in [-0.3, -0.25) is 4.84 Å². The molecule has 0 amide bonds. The van der Waals surface area contributed by atoms with Crippen LogP contribution in [0.4, 0.5) is 5.69 Å². The number of nitrogen functional groups attached to an aromatic ring is 1. The smallest absolute Gasteiger partial charge is 0.266 e. The molecule has 1 saturated heterocycles. The van der Waals surface area contributed by atoms with Crippen LogP contribution in [0.1, 0.15) is 12.0 Å². The first-order valence-corrected chi connectivity index (χ1v) is 6.96. The molecule has 7 heteroatoms. The van der Waals surface area contributed by atoms with E-state index in [1.807, 2.05) is 0 Å². The molecule has 2 rings (SSSR count). The minimum atomic E-state index is -3.71. The molecular weight excluding hydrogens is 264 g/mol. The van der Waals surface area contributed by atoms with E-state index in [1.165, 1.54) is 6.07 Å². The van der Waals surface area contributed by atoms with Gasteiger partial charge in [-0.2, -0.15) is 0 Å². The zero-order valence-electron chi connectivity index (χ0n) is 9.31. The lowest BCUT2D eigenvalue weighted by molar-refractivity contribution is -0.0284. The largest absolute Gasteiger partial charge is 0.398 e. The van der Waals surface area contributed by atoms with E-state index in [0.29, 0.717) is 25.3 Å². The summed E-state index contributed by atoms with van der Waals surface area (Å²) in [7, 11) is -3.71. The van der Waals surface area contributed by atoms with Crippen LogP contribution in [-0.4, -0.2) is 26.0 Å². The van der Waals surface area contributed by atoms with E-state index in [4.69, 9.17) is 22.2 Å². The molecule has 0 aliphatic carbocycles. The third-order valence-corrected chi connectivity index (χ3v) is 4.73. The van der Waals surface area contributed by atoms with Gasteiger partial charge in [0, 0.05) is 12.2 Å². The minimum absolute atomic E-state index is 0.0100. The lowest BCUT2D eigenvalue weighted by Crippen LogP contribution is -2.27. The molecule has 1 aromatic carbocycles. The Hall–Kier alpha value is -0.820. The lowest BCUT2D eigenvalue weighted by Gasteiger charge is -2.16. The number of hydrogen-bond acceptors (Lipinski definition) is 4. The Bertz CT molecular complexity index is 539. The second-order valence-electron chi connectivity index (χ2n) is 3.86. The number of benzene rings is 1. The van der Waals surface area contributed by atoms with Crippen molar-refractivity contribution in [3.63, 3.8) is 0 Å². The van der Waals surface area contributed by atoms with E-state index < -0.39 is 10.0 Å². The van der Waals surface area contributed by atoms with Gasteiger partial charge in [0.25, 0.3) is 10.0 Å². The number of aryl methyl sites for hydroxylation is 1. The maximum atomic E-state index is 12.2. The van der Waals surface area contributed by atoms with Gasteiger partial charge in [-0.25, -0.2) is 8.42 Å². The van der Waals surface area contributed by atoms with Crippen LogP contribution < -0.4 is 5.73 Å². The summed E-state index contributed by atoms with van der Waals surface area (Å²) in [5.41, 5.74) is 6.84. The van der Waals surface area contributed by atoms with Crippen LogP contribution in [-0.2, 0) is 14.9 Å². The Morgan fingerprint density at radius 2 is 2.18 bits per heavy atom. The molecule has 5 nitrogen and oxygen atoms in total. The third-order valence-electron chi connectivity index (χ3n) is 2.59. The Balaban J connectivity index is 2.49. The Kier molecular flexibility index (Phi) is 3.31. The van der Waals surface area contributed by atoms with Gasteiger partial charge in [0.2, 0.25) is 0 Å². The number of nitrogens with two attached hydrogens (primary N) is 1. The Morgan fingerprint density at radius 1 is 1.47 bits per heavy atom. The molecule has 0 atom stereocenters. The molecule has 17 heavy (non-hydrogen) atoms. The molecule has 0 aromatic heterocycles. The van der Waals surface area contributed by atoms with Gasteiger partial charge in [0.05, 0.1) is 11.6 Å². The van der Waals surface area contributed by atoms with Gasteiger partial charge >= 0.3 is 0 Å². The molecule has 0 radical (unpaired) electrons. The van der Waals surface area contributed by atoms with Crippen LogP contribution in [0.25, 0.3) is 0 Å². The monoisotopic (exact) mass is 276 g/mol. The summed E-state index contributed by atoms with van der Waals surface area (Å²) in [5.74, 6) is 0. The fourth-order valence-corrected chi connectivity index (χ4v) is 3.48. The Labute approximate surface area is 105 Å². The summed E-state index contributed by atoms with van der Waals surface area (Å²) in [6, 6.07) is 2.91. The van der Waals surface area contributed by atoms with Crippen molar-refractivity contribution in [2.45, 2.75) is 18.2 Å². The molecule has 1 aromatic rings. The summed E-state index contributed by atoms with van der Waals surface area (Å²) in [5, 5.41) is 0.159. The van der Waals surface area contributed by atoms with Crippen molar-refractivity contribution in [2.75, 3.05) is 18.9 Å². The average Bonchev–Trinajstić information content (AvgIpc) is 2.77. The first-order chi connectivity index (χ1) is 7.93. The van der Waals surface area contributed by atoms with Gasteiger partial charge in [0.15, 0.2) is 0 Å². The maximum absolute atomic E-state index is 12.2. The van der Waals surface area contributed by atoms with Crippen LogP contribution in [0, 0.1) is 6.92 Å². The van der Waals surface area contributed by atoms with E-state index in [0.717, 1.165) is 10.0 Å². The summed E-state index contributed by atoms with van der Waals surface area (Å²) < 4.78 is 25.3. The van der Waals surface area contributed by atoms with Crippen molar-refractivity contribution in [2.24, 2.45) is 0 Å². The molecule has 0 saturated carbocycles. The summed E-state index contributed by atoms with van der Waals surface area (Å²) in [6.07, 6.45) is 0.679. The molecule has 1 heterocycles. The van der Waals surface area contributed by atoms with E-state index in [2.05, 4.69) is 0 Å². The third kappa shape index (κ3) is 2.26. The summed E-state index contributed by atoms with van der Waals surface area (Å²) in [6.45, 7) is 2.51. The fourth-order valence-electron chi connectivity index (χ4n) is 1.59. The summed E-state index contributed by atoms with van der Waals surface area (Å²) in [4.78, 5) is 5.03. The molecule has 0 unspecified atom stereocenters. The first kappa shape index (κ1) is 12.6. The van der Waals surface area contributed by atoms with Crippen LogP contribution in [0.15, 0.2) is 17.0 Å². The quantitative estimate of drug-likeness (QED) is 0.832. The second-order valence-corrected chi connectivity index (χ2v) is 6.06. The second kappa shape index (κ2) is 4.45. The molecule has 2 N–H and O–H groups in total. The van der Waals surface area contributed by atoms with Crippen molar-refractivity contribution < 1.29 is 13.3 Å². The predicted molar refractivity (Wildman–Crippen MR) is 65.1 cm³/mol. The van der Waals surface area contributed by atoms with Crippen LogP contribution in [0.5, 0.6) is 0 Å². The molecular formula is C10H13ClN2O3S. The zero-order chi connectivity index (χ0) is 12.6. The zero-order valence-corrected chi connectivity index (χ0v) is 10.9. The number of anilines is 1. The van der Waals surface area contributed by atoms with E-state index in [-0.39, 0.29) is 9.92 Å². The Morgan fingerprint density at radius 3 is 2.76 bits per heavy atom. The van der Waals surface area contributed by atoms with Crippen molar-refractivity contribution in [1.82, 2.24) is 4.47 Å². The highest BCUT2D eigenvalue weighted by atomic mass is 35.5. The molecule has 1 aliphatic heterocycles. The van der Waals surface area contributed by atoms with Gasteiger partial charge in [-0.05, 0) is 31.0 Å². The van der Waals surface area contributed by atoms with Crippen molar-refractivity contribution in [3.8, 4) is 0 Å². The van der Waals surface area contributed by atoms with E-state index >= 15 is 0 Å². The van der Waals surface area contributed by atoms with Crippen molar-refractivity contribution in [3.05, 3.63) is 22.7 Å². The highest BCUT2D eigenvalue weighted by Crippen LogP contribution is 2.30. The van der Waals surface area contributed by atoms with Gasteiger partial charge in [0.1, 0.15) is 4.90 Å². The highest BCUT2D eigenvalue weighted by Gasteiger charge is 2.30. The van der Waals surface area contributed by atoms with Crippen molar-refractivity contribution in [1.29, 1.82) is 0 Å². The van der Waals surface area contributed by atoms with Gasteiger partial charge < -0.3 is 5.73 Å². The lowest BCUT2D eigenvalue weighted by atomic mass is 10.2. The normalized spacial score (nSPS) is 17.5. The van der Waals surface area contributed by atoms with Crippen LogP contribution in [0.2, 0.25) is 5.02 Å². The van der Waals surface area contributed by atoms with Crippen LogP contribution in [0.3, 0.4) is 0 Å². The van der Waals surface area contributed by atoms with E-state index in [1.54, 1.807) is 13.0 Å². The number of halogens is 1. The van der Waals surface area contributed by atoms with Gasteiger partial charge in [-0.15, -0.1) is 0 Å². The number of nitrogens with zero attached hydrogens (tertiary/aromatic N) is 1. The average molecular weight is 277 g/mol. The molecule has 94 valence electrons. The van der Waals surface area contributed by atoms with Crippen molar-refractivity contribution >= 4 is 27.3 Å². The number of rotatable bonds is 2.